The Labute approximate surface area is 69.3 Å². The molecule has 11 heavy (non-hydrogen) atoms. The van der Waals surface area contributed by atoms with E-state index >= 15 is 0 Å². The van der Waals surface area contributed by atoms with Crippen molar-refractivity contribution >= 4 is 0 Å². The molecule has 0 spiro atoms. The Morgan fingerprint density at radius 3 is 2.36 bits per heavy atom. The molecule has 1 rings (SSSR count). The van der Waals surface area contributed by atoms with Crippen molar-refractivity contribution in [1.82, 2.24) is 9.55 Å². The molecule has 0 aliphatic heterocycles. The lowest BCUT2D eigenvalue weighted by Gasteiger charge is -1.98. The maximum absolute atomic E-state index is 4.17. The average Bonchev–Trinajstić information content (AvgIpc) is 2.54. The summed E-state index contributed by atoms with van der Waals surface area (Å²) in [5, 5.41) is 0. The zero-order valence-electron chi connectivity index (χ0n) is 7.96. The van der Waals surface area contributed by atoms with Crippen LogP contribution in [0.3, 0.4) is 0 Å². The van der Waals surface area contributed by atoms with E-state index < -0.39 is 0 Å². The maximum Gasteiger partial charge on any atom is 0.108 e. The van der Waals surface area contributed by atoms with E-state index in [1.165, 1.54) is 5.82 Å². The lowest BCUT2D eigenvalue weighted by atomic mass is 10.4. The molecule has 0 bridgehead atoms. The minimum Gasteiger partial charge on any atom is -0.335 e. The van der Waals surface area contributed by atoms with Gasteiger partial charge in [0.15, 0.2) is 0 Å². The number of hydrogen-bond acceptors (Lipinski definition) is 1. The number of imidazole rings is 1. The molecule has 0 fully saturated rings. The molecule has 1 aromatic heterocycles. The van der Waals surface area contributed by atoms with Gasteiger partial charge in [0.05, 0.1) is 0 Å². The van der Waals surface area contributed by atoms with Crippen molar-refractivity contribution in [3.8, 4) is 0 Å². The molecule has 0 saturated carbocycles. The molecule has 0 radical (unpaired) electrons. The molecule has 0 aliphatic rings. The third-order valence-corrected chi connectivity index (χ3v) is 1.46. The highest BCUT2D eigenvalue weighted by Gasteiger charge is 1.94. The van der Waals surface area contributed by atoms with Gasteiger partial charge in [0.2, 0.25) is 0 Å². The van der Waals surface area contributed by atoms with Gasteiger partial charge in [0.1, 0.15) is 5.82 Å². The standard InChI is InChI=1S/C7H12N2.C2H6/c1-3-7-8-5-6-9(7)4-2;1-2/h5-6H,3-4H2,1-2H3;1-2H3. The molecule has 64 valence electrons. The Morgan fingerprint density at radius 2 is 2.00 bits per heavy atom. The van der Waals surface area contributed by atoms with Crippen LogP contribution in [0, 0.1) is 0 Å². The molecule has 0 saturated heterocycles. The van der Waals surface area contributed by atoms with Crippen LogP contribution in [0.4, 0.5) is 0 Å². The number of aromatic nitrogens is 2. The molecular weight excluding hydrogens is 136 g/mol. The lowest BCUT2D eigenvalue weighted by Crippen LogP contribution is -1.98. The number of aryl methyl sites for hydroxylation is 2. The van der Waals surface area contributed by atoms with Gasteiger partial charge in [-0.1, -0.05) is 20.8 Å². The van der Waals surface area contributed by atoms with Crippen LogP contribution in [0.2, 0.25) is 0 Å². The minimum atomic E-state index is 1.03. The molecule has 2 nitrogen and oxygen atoms in total. The highest BCUT2D eigenvalue weighted by Crippen LogP contribution is 1.96. The van der Waals surface area contributed by atoms with Crippen LogP contribution in [0.15, 0.2) is 12.4 Å². The summed E-state index contributed by atoms with van der Waals surface area (Å²) in [4.78, 5) is 4.17. The predicted molar refractivity (Wildman–Crippen MR) is 48.6 cm³/mol. The van der Waals surface area contributed by atoms with Gasteiger partial charge >= 0.3 is 0 Å². The van der Waals surface area contributed by atoms with E-state index in [2.05, 4.69) is 23.4 Å². The largest absolute Gasteiger partial charge is 0.335 e. The van der Waals surface area contributed by atoms with Crippen molar-refractivity contribution in [2.24, 2.45) is 0 Å². The summed E-state index contributed by atoms with van der Waals surface area (Å²) in [6.45, 7) is 9.28. The van der Waals surface area contributed by atoms with E-state index in [0.29, 0.717) is 0 Å². The summed E-state index contributed by atoms with van der Waals surface area (Å²) in [6.07, 6.45) is 4.89. The van der Waals surface area contributed by atoms with Gasteiger partial charge in [-0.3, -0.25) is 0 Å². The topological polar surface area (TPSA) is 17.8 Å². The van der Waals surface area contributed by atoms with E-state index in [9.17, 15) is 0 Å². The fourth-order valence-electron chi connectivity index (χ4n) is 0.942. The maximum atomic E-state index is 4.17. The first-order valence-electron chi connectivity index (χ1n) is 4.38. The van der Waals surface area contributed by atoms with Crippen LogP contribution < -0.4 is 0 Å². The summed E-state index contributed by atoms with van der Waals surface area (Å²) >= 11 is 0. The van der Waals surface area contributed by atoms with Crippen LogP contribution in [-0.4, -0.2) is 9.55 Å². The van der Waals surface area contributed by atoms with Crippen molar-refractivity contribution in [3.63, 3.8) is 0 Å². The first kappa shape index (κ1) is 10.2. The average molecular weight is 154 g/mol. The fraction of sp³-hybridized carbons (Fsp3) is 0.667. The van der Waals surface area contributed by atoms with Gasteiger partial charge in [-0.25, -0.2) is 4.98 Å². The smallest absolute Gasteiger partial charge is 0.108 e. The predicted octanol–water partition coefficient (Wildman–Crippen LogP) is 2.49. The highest BCUT2D eigenvalue weighted by atomic mass is 15.0. The van der Waals surface area contributed by atoms with Gasteiger partial charge in [-0.2, -0.15) is 0 Å². The second-order valence-electron chi connectivity index (χ2n) is 1.98. The monoisotopic (exact) mass is 154 g/mol. The molecule has 0 atom stereocenters. The van der Waals surface area contributed by atoms with E-state index in [4.69, 9.17) is 0 Å². The zero-order chi connectivity index (χ0) is 8.69. The molecular formula is C9H18N2. The molecule has 0 aliphatic carbocycles. The summed E-state index contributed by atoms with van der Waals surface area (Å²) < 4.78 is 2.15. The highest BCUT2D eigenvalue weighted by molar-refractivity contribution is 4.90. The fourth-order valence-corrected chi connectivity index (χ4v) is 0.942. The van der Waals surface area contributed by atoms with Crippen LogP contribution in [0.1, 0.15) is 33.5 Å². The Balaban J connectivity index is 0.000000461. The second kappa shape index (κ2) is 5.96. The van der Waals surface area contributed by atoms with E-state index in [1.807, 2.05) is 26.2 Å². The van der Waals surface area contributed by atoms with Crippen LogP contribution in [0.5, 0.6) is 0 Å². The van der Waals surface area contributed by atoms with Gasteiger partial charge in [-0.15, -0.1) is 0 Å². The molecule has 0 amide bonds. The van der Waals surface area contributed by atoms with Crippen molar-refractivity contribution in [2.75, 3.05) is 0 Å². The second-order valence-corrected chi connectivity index (χ2v) is 1.98. The van der Waals surface area contributed by atoms with Crippen LogP contribution >= 0.6 is 0 Å². The zero-order valence-corrected chi connectivity index (χ0v) is 7.96. The molecule has 0 unspecified atom stereocenters. The van der Waals surface area contributed by atoms with E-state index in [1.54, 1.807) is 0 Å². The van der Waals surface area contributed by atoms with Gasteiger partial charge in [-0.05, 0) is 6.92 Å². The Kier molecular flexibility index (Phi) is 5.53. The molecule has 2 heteroatoms. The third kappa shape index (κ3) is 2.74. The van der Waals surface area contributed by atoms with Crippen molar-refractivity contribution in [1.29, 1.82) is 0 Å². The van der Waals surface area contributed by atoms with Crippen LogP contribution in [0.25, 0.3) is 0 Å². The summed E-state index contributed by atoms with van der Waals surface area (Å²) in [6, 6.07) is 0. The Hall–Kier alpha value is -0.790. The molecule has 0 N–H and O–H groups in total. The van der Waals surface area contributed by atoms with E-state index in [0.717, 1.165) is 13.0 Å². The van der Waals surface area contributed by atoms with E-state index in [-0.39, 0.29) is 0 Å². The van der Waals surface area contributed by atoms with Gasteiger partial charge in [0, 0.05) is 25.4 Å². The van der Waals surface area contributed by atoms with Crippen molar-refractivity contribution < 1.29 is 0 Å². The van der Waals surface area contributed by atoms with Crippen LogP contribution in [-0.2, 0) is 13.0 Å². The Bertz CT molecular complexity index is 161. The SMILES string of the molecule is CC.CCc1nccn1CC. The first-order chi connectivity index (χ1) is 5.38. The molecule has 1 aromatic rings. The van der Waals surface area contributed by atoms with Crippen molar-refractivity contribution in [3.05, 3.63) is 18.2 Å². The van der Waals surface area contributed by atoms with Gasteiger partial charge in [0.25, 0.3) is 0 Å². The van der Waals surface area contributed by atoms with Gasteiger partial charge < -0.3 is 4.57 Å². The first-order valence-corrected chi connectivity index (χ1v) is 4.38. The normalized spacial score (nSPS) is 8.73. The number of rotatable bonds is 2. The quantitative estimate of drug-likeness (QED) is 0.640. The minimum absolute atomic E-state index is 1.03. The lowest BCUT2D eigenvalue weighted by molar-refractivity contribution is 0.705. The van der Waals surface area contributed by atoms with Crippen molar-refractivity contribution in [2.45, 2.75) is 40.7 Å². The summed E-state index contributed by atoms with van der Waals surface area (Å²) in [5.74, 6) is 1.18. The molecule has 1 heterocycles. The number of hydrogen-bond donors (Lipinski definition) is 0. The Morgan fingerprint density at radius 1 is 1.36 bits per heavy atom. The molecule has 0 aromatic carbocycles. The summed E-state index contributed by atoms with van der Waals surface area (Å²) in [7, 11) is 0. The third-order valence-electron chi connectivity index (χ3n) is 1.46. The summed E-state index contributed by atoms with van der Waals surface area (Å²) in [5.41, 5.74) is 0. The number of nitrogens with zero attached hydrogens (tertiary/aromatic N) is 2.